The lowest BCUT2D eigenvalue weighted by Crippen LogP contribution is -2.42. The maximum Gasteiger partial charge on any atom is 0.321 e. The molecular formula is C17H19FN4O2. The van der Waals surface area contributed by atoms with E-state index < -0.39 is 5.82 Å². The van der Waals surface area contributed by atoms with Crippen molar-refractivity contribution in [3.05, 3.63) is 58.0 Å². The first-order chi connectivity index (χ1) is 11.5. The molecule has 126 valence electrons. The minimum atomic E-state index is -0.466. The smallest absolute Gasteiger partial charge is 0.321 e. The molecule has 1 aliphatic heterocycles. The first-order valence-corrected chi connectivity index (χ1v) is 7.91. The number of hydrogen-bond donors (Lipinski definition) is 2. The van der Waals surface area contributed by atoms with Crippen molar-refractivity contribution < 1.29 is 9.18 Å². The Balaban J connectivity index is 1.72. The van der Waals surface area contributed by atoms with Crippen LogP contribution in [0.4, 0.5) is 14.9 Å². The number of carbonyl (C=O) groups excluding carboxylic acids is 1. The summed E-state index contributed by atoms with van der Waals surface area (Å²) in [6, 6.07) is 7.21. The third-order valence-electron chi connectivity index (χ3n) is 4.12. The molecule has 0 unspecified atom stereocenters. The molecule has 1 aromatic heterocycles. The number of amides is 2. The normalized spacial score (nSPS) is 17.6. The number of hydrogen-bond acceptors (Lipinski definition) is 3. The Hall–Kier alpha value is -2.70. The summed E-state index contributed by atoms with van der Waals surface area (Å²) in [5, 5.41) is 2.60. The average molecular weight is 330 g/mol. The van der Waals surface area contributed by atoms with E-state index in [9.17, 15) is 14.0 Å². The number of nitrogens with one attached hydrogen (secondary N) is 2. The highest BCUT2D eigenvalue weighted by molar-refractivity contribution is 5.89. The van der Waals surface area contributed by atoms with E-state index in [0.29, 0.717) is 24.6 Å². The lowest BCUT2D eigenvalue weighted by atomic mass is 9.94. The van der Waals surface area contributed by atoms with E-state index in [1.807, 2.05) is 0 Å². The first kappa shape index (κ1) is 16.2. The number of aromatic nitrogens is 2. The quantitative estimate of drug-likeness (QED) is 0.888. The van der Waals surface area contributed by atoms with E-state index in [0.717, 1.165) is 12.8 Å². The summed E-state index contributed by atoms with van der Waals surface area (Å²) in [5.74, 6) is 0.0999. The minimum Gasteiger partial charge on any atom is -0.324 e. The number of piperidine rings is 1. The number of urea groups is 1. The summed E-state index contributed by atoms with van der Waals surface area (Å²) in [5.41, 5.74) is 0.667. The highest BCUT2D eigenvalue weighted by atomic mass is 19.1. The third kappa shape index (κ3) is 3.61. The van der Waals surface area contributed by atoms with Crippen molar-refractivity contribution in [2.45, 2.75) is 25.7 Å². The monoisotopic (exact) mass is 330 g/mol. The Kier molecular flexibility index (Phi) is 4.59. The van der Waals surface area contributed by atoms with Gasteiger partial charge in [0.1, 0.15) is 11.6 Å². The van der Waals surface area contributed by atoms with Crippen LogP contribution in [0.5, 0.6) is 0 Å². The van der Waals surface area contributed by atoms with Crippen LogP contribution < -0.4 is 10.9 Å². The minimum absolute atomic E-state index is 0.00567. The van der Waals surface area contributed by atoms with Crippen LogP contribution in [0.15, 0.2) is 35.1 Å². The standard InChI is InChI=1S/C17H19FN4O2/c1-11-19-15(9-16(23)20-11)12-5-4-8-22(10-12)17(24)21-14-7-3-2-6-13(14)18/h2-3,6-7,9,12H,4-5,8,10H2,1H3,(H,21,24)(H,19,20,23)/t12-/m1/s1. The predicted octanol–water partition coefficient (Wildman–Crippen LogP) is 2.63. The molecule has 7 heteroatoms. The SMILES string of the molecule is Cc1nc([C@@H]2CCCN(C(=O)Nc3ccccc3F)C2)cc(=O)[nH]1. The van der Waals surface area contributed by atoms with Gasteiger partial charge in [0.05, 0.1) is 11.4 Å². The molecule has 1 atom stereocenters. The number of H-pyrrole nitrogens is 1. The number of aryl methyl sites for hydroxylation is 1. The van der Waals surface area contributed by atoms with Crippen molar-refractivity contribution in [2.24, 2.45) is 0 Å². The molecule has 1 saturated heterocycles. The largest absolute Gasteiger partial charge is 0.324 e. The summed E-state index contributed by atoms with van der Waals surface area (Å²) in [6.45, 7) is 2.78. The van der Waals surface area contributed by atoms with Gasteiger partial charge in [-0.3, -0.25) is 4.79 Å². The van der Waals surface area contributed by atoms with Crippen LogP contribution in [-0.2, 0) is 0 Å². The van der Waals surface area contributed by atoms with E-state index in [-0.39, 0.29) is 23.2 Å². The van der Waals surface area contributed by atoms with Gasteiger partial charge in [-0.1, -0.05) is 12.1 Å². The molecule has 0 spiro atoms. The molecule has 2 aromatic rings. The van der Waals surface area contributed by atoms with Gasteiger partial charge in [0.15, 0.2) is 0 Å². The Morgan fingerprint density at radius 1 is 1.42 bits per heavy atom. The number of likely N-dealkylation sites (tertiary alicyclic amines) is 1. The van der Waals surface area contributed by atoms with E-state index in [4.69, 9.17) is 0 Å². The van der Waals surface area contributed by atoms with Crippen LogP contribution >= 0.6 is 0 Å². The molecular weight excluding hydrogens is 311 g/mol. The maximum absolute atomic E-state index is 13.7. The summed E-state index contributed by atoms with van der Waals surface area (Å²) in [4.78, 5) is 32.6. The summed E-state index contributed by atoms with van der Waals surface area (Å²) in [6.07, 6.45) is 1.67. The molecule has 0 aliphatic carbocycles. The second-order valence-corrected chi connectivity index (χ2v) is 5.95. The molecule has 0 bridgehead atoms. The summed E-state index contributed by atoms with van der Waals surface area (Å²) < 4.78 is 13.7. The number of nitrogens with zero attached hydrogens (tertiary/aromatic N) is 2. The number of rotatable bonds is 2. The summed E-state index contributed by atoms with van der Waals surface area (Å²) >= 11 is 0. The van der Waals surface area contributed by atoms with Gasteiger partial charge < -0.3 is 15.2 Å². The van der Waals surface area contributed by atoms with Gasteiger partial charge in [0.2, 0.25) is 0 Å². The molecule has 3 rings (SSSR count). The van der Waals surface area contributed by atoms with Gasteiger partial charge in [-0.2, -0.15) is 0 Å². The van der Waals surface area contributed by atoms with Crippen LogP contribution in [0, 0.1) is 12.7 Å². The number of para-hydroxylation sites is 1. The fourth-order valence-electron chi connectivity index (χ4n) is 2.97. The number of anilines is 1. The van der Waals surface area contributed by atoms with E-state index in [1.54, 1.807) is 24.0 Å². The van der Waals surface area contributed by atoms with Gasteiger partial charge in [0, 0.05) is 25.1 Å². The van der Waals surface area contributed by atoms with Gasteiger partial charge in [-0.05, 0) is 31.9 Å². The van der Waals surface area contributed by atoms with Crippen LogP contribution in [0.25, 0.3) is 0 Å². The van der Waals surface area contributed by atoms with Crippen LogP contribution in [0.3, 0.4) is 0 Å². The molecule has 6 nitrogen and oxygen atoms in total. The first-order valence-electron chi connectivity index (χ1n) is 7.91. The molecule has 0 radical (unpaired) electrons. The van der Waals surface area contributed by atoms with Gasteiger partial charge in [-0.25, -0.2) is 14.2 Å². The van der Waals surface area contributed by atoms with Crippen LogP contribution in [-0.4, -0.2) is 34.0 Å². The van der Waals surface area contributed by atoms with Crippen molar-refractivity contribution in [3.8, 4) is 0 Å². The zero-order valence-electron chi connectivity index (χ0n) is 13.4. The van der Waals surface area contributed by atoms with Crippen molar-refractivity contribution in [3.63, 3.8) is 0 Å². The fraction of sp³-hybridized carbons (Fsp3) is 0.353. The predicted molar refractivity (Wildman–Crippen MR) is 88.6 cm³/mol. The Bertz CT molecular complexity index is 805. The second-order valence-electron chi connectivity index (χ2n) is 5.95. The van der Waals surface area contributed by atoms with Crippen molar-refractivity contribution in [2.75, 3.05) is 18.4 Å². The molecule has 2 heterocycles. The number of benzene rings is 1. The Labute approximate surface area is 138 Å². The number of carbonyl (C=O) groups is 1. The Morgan fingerprint density at radius 2 is 2.21 bits per heavy atom. The molecule has 1 aromatic carbocycles. The lowest BCUT2D eigenvalue weighted by Gasteiger charge is -2.32. The van der Waals surface area contributed by atoms with Gasteiger partial charge >= 0.3 is 6.03 Å². The number of halogens is 1. The van der Waals surface area contributed by atoms with Crippen LogP contribution in [0.2, 0.25) is 0 Å². The molecule has 2 amide bonds. The molecule has 2 N–H and O–H groups in total. The Morgan fingerprint density at radius 3 is 2.96 bits per heavy atom. The maximum atomic E-state index is 13.7. The molecule has 1 fully saturated rings. The van der Waals surface area contributed by atoms with Crippen molar-refractivity contribution >= 4 is 11.7 Å². The van der Waals surface area contributed by atoms with Gasteiger partial charge in [0.25, 0.3) is 5.56 Å². The van der Waals surface area contributed by atoms with Crippen LogP contribution in [0.1, 0.15) is 30.3 Å². The highest BCUT2D eigenvalue weighted by Crippen LogP contribution is 2.25. The topological polar surface area (TPSA) is 78.1 Å². The highest BCUT2D eigenvalue weighted by Gasteiger charge is 2.26. The third-order valence-corrected chi connectivity index (χ3v) is 4.12. The zero-order chi connectivity index (χ0) is 17.1. The lowest BCUT2D eigenvalue weighted by molar-refractivity contribution is 0.192. The molecule has 0 saturated carbocycles. The van der Waals surface area contributed by atoms with E-state index >= 15 is 0 Å². The van der Waals surface area contributed by atoms with E-state index in [1.165, 1.54) is 18.2 Å². The van der Waals surface area contributed by atoms with E-state index in [2.05, 4.69) is 15.3 Å². The fourth-order valence-corrected chi connectivity index (χ4v) is 2.97. The average Bonchev–Trinajstić information content (AvgIpc) is 2.56. The van der Waals surface area contributed by atoms with Crippen molar-refractivity contribution in [1.82, 2.24) is 14.9 Å². The number of aromatic amines is 1. The second kappa shape index (κ2) is 6.82. The zero-order valence-corrected chi connectivity index (χ0v) is 13.4. The summed E-state index contributed by atoms with van der Waals surface area (Å²) in [7, 11) is 0. The van der Waals surface area contributed by atoms with Gasteiger partial charge in [-0.15, -0.1) is 0 Å². The van der Waals surface area contributed by atoms with Crippen molar-refractivity contribution in [1.29, 1.82) is 0 Å². The molecule has 1 aliphatic rings. The molecule has 24 heavy (non-hydrogen) atoms.